The summed E-state index contributed by atoms with van der Waals surface area (Å²) in [6, 6.07) is 31.3. The lowest BCUT2D eigenvalue weighted by Gasteiger charge is -2.21. The SMILES string of the molecule is CC1(C)c2ccccc2-c2cc3c4ccccc4n(-c4c(C#N)cccc4C#N)c3cc21. The van der Waals surface area contributed by atoms with Gasteiger partial charge in [0.2, 0.25) is 0 Å². The van der Waals surface area contributed by atoms with Crippen LogP contribution >= 0.6 is 0 Å². The van der Waals surface area contributed by atoms with Gasteiger partial charge in [-0.1, -0.05) is 62.4 Å². The Bertz CT molecular complexity index is 1640. The van der Waals surface area contributed by atoms with E-state index in [9.17, 15) is 10.5 Å². The van der Waals surface area contributed by atoms with Gasteiger partial charge < -0.3 is 4.57 Å². The minimum Gasteiger partial charge on any atom is -0.307 e. The monoisotopic (exact) mass is 409 g/mol. The Kier molecular flexibility index (Phi) is 3.65. The Labute approximate surface area is 186 Å². The highest BCUT2D eigenvalue weighted by molar-refractivity contribution is 6.12. The molecule has 1 aliphatic carbocycles. The number of para-hydroxylation sites is 2. The molecule has 0 spiro atoms. The number of fused-ring (bicyclic) bond motifs is 6. The van der Waals surface area contributed by atoms with Gasteiger partial charge in [-0.3, -0.25) is 0 Å². The molecule has 32 heavy (non-hydrogen) atoms. The van der Waals surface area contributed by atoms with Crippen LogP contribution < -0.4 is 0 Å². The van der Waals surface area contributed by atoms with Gasteiger partial charge in [-0.2, -0.15) is 10.5 Å². The zero-order chi connectivity index (χ0) is 22.0. The van der Waals surface area contributed by atoms with Crippen molar-refractivity contribution in [3.8, 4) is 29.0 Å². The largest absolute Gasteiger partial charge is 0.307 e. The van der Waals surface area contributed by atoms with Crippen LogP contribution in [0.3, 0.4) is 0 Å². The highest BCUT2D eigenvalue weighted by Crippen LogP contribution is 2.51. The van der Waals surface area contributed by atoms with E-state index >= 15 is 0 Å². The summed E-state index contributed by atoms with van der Waals surface area (Å²) in [6.45, 7) is 4.53. The standard InChI is InChI=1S/C29H19N3/c1-29(2)24-12-5-3-10-20(24)22-14-23-21-11-4-6-13-26(21)32(27(23)15-25(22)29)28-18(16-30)8-7-9-19(28)17-31/h3-15H,1-2H3. The minimum atomic E-state index is -0.131. The van der Waals surface area contributed by atoms with E-state index in [-0.39, 0.29) is 5.41 Å². The average molecular weight is 409 g/mol. The lowest BCUT2D eigenvalue weighted by molar-refractivity contribution is 0.661. The molecule has 0 amide bonds. The fraction of sp³-hybridized carbons (Fsp3) is 0.103. The molecule has 1 aromatic heterocycles. The first-order chi connectivity index (χ1) is 15.6. The van der Waals surface area contributed by atoms with Crippen LogP contribution in [-0.4, -0.2) is 4.57 Å². The molecule has 0 radical (unpaired) electrons. The van der Waals surface area contributed by atoms with E-state index in [0.717, 1.165) is 21.8 Å². The molecule has 0 aliphatic heterocycles. The molecule has 1 aliphatic rings. The van der Waals surface area contributed by atoms with Gasteiger partial charge in [-0.05, 0) is 52.6 Å². The van der Waals surface area contributed by atoms with Gasteiger partial charge in [0.1, 0.15) is 12.1 Å². The molecule has 0 fully saturated rings. The van der Waals surface area contributed by atoms with Crippen LogP contribution in [0.25, 0.3) is 38.6 Å². The maximum absolute atomic E-state index is 9.86. The number of aromatic nitrogens is 1. The second-order valence-corrected chi connectivity index (χ2v) is 8.86. The Balaban J connectivity index is 1.82. The molecular formula is C29H19N3. The molecule has 0 N–H and O–H groups in total. The zero-order valence-corrected chi connectivity index (χ0v) is 17.8. The fourth-order valence-electron chi connectivity index (χ4n) is 5.37. The molecule has 0 unspecified atom stereocenters. The summed E-state index contributed by atoms with van der Waals surface area (Å²) >= 11 is 0. The van der Waals surface area contributed by atoms with Gasteiger partial charge in [-0.15, -0.1) is 0 Å². The molecule has 0 saturated carbocycles. The van der Waals surface area contributed by atoms with Crippen LogP contribution in [-0.2, 0) is 5.41 Å². The smallest absolute Gasteiger partial charge is 0.101 e. The number of hydrogen-bond donors (Lipinski definition) is 0. The van der Waals surface area contributed by atoms with Gasteiger partial charge in [0.25, 0.3) is 0 Å². The Hall–Kier alpha value is -4.34. The third-order valence-electron chi connectivity index (χ3n) is 6.88. The highest BCUT2D eigenvalue weighted by atomic mass is 15.0. The molecule has 0 bridgehead atoms. The number of benzene rings is 4. The maximum Gasteiger partial charge on any atom is 0.101 e. The van der Waals surface area contributed by atoms with Crippen LogP contribution in [0, 0.1) is 22.7 Å². The predicted molar refractivity (Wildman–Crippen MR) is 128 cm³/mol. The number of rotatable bonds is 1. The number of hydrogen-bond acceptors (Lipinski definition) is 2. The van der Waals surface area contributed by atoms with E-state index in [1.54, 1.807) is 18.2 Å². The van der Waals surface area contributed by atoms with Crippen LogP contribution in [0.2, 0.25) is 0 Å². The molecule has 0 atom stereocenters. The van der Waals surface area contributed by atoms with E-state index in [1.807, 2.05) is 12.1 Å². The highest BCUT2D eigenvalue weighted by Gasteiger charge is 2.36. The lowest BCUT2D eigenvalue weighted by Crippen LogP contribution is -2.15. The van der Waals surface area contributed by atoms with Gasteiger partial charge in [0, 0.05) is 16.2 Å². The topological polar surface area (TPSA) is 52.5 Å². The molecule has 0 saturated heterocycles. The van der Waals surface area contributed by atoms with Crippen LogP contribution in [0.1, 0.15) is 36.1 Å². The minimum absolute atomic E-state index is 0.131. The van der Waals surface area contributed by atoms with Crippen molar-refractivity contribution in [1.29, 1.82) is 10.5 Å². The van der Waals surface area contributed by atoms with Crippen molar-refractivity contribution < 1.29 is 0 Å². The average Bonchev–Trinajstić information content (AvgIpc) is 3.26. The van der Waals surface area contributed by atoms with E-state index in [4.69, 9.17) is 0 Å². The second kappa shape index (κ2) is 6.33. The molecule has 1 heterocycles. The van der Waals surface area contributed by atoms with Crippen molar-refractivity contribution in [2.45, 2.75) is 19.3 Å². The first-order valence-electron chi connectivity index (χ1n) is 10.7. The predicted octanol–water partition coefficient (Wildman–Crippen LogP) is 6.83. The van der Waals surface area contributed by atoms with Crippen molar-refractivity contribution in [1.82, 2.24) is 4.57 Å². The van der Waals surface area contributed by atoms with E-state index in [2.05, 4.69) is 79.1 Å². The first kappa shape index (κ1) is 18.4. The summed E-state index contributed by atoms with van der Waals surface area (Å²) in [7, 11) is 0. The molecule has 3 nitrogen and oxygen atoms in total. The van der Waals surface area contributed by atoms with Crippen molar-refractivity contribution >= 4 is 21.8 Å². The summed E-state index contributed by atoms with van der Waals surface area (Å²) in [5.41, 5.74) is 8.66. The first-order valence-corrected chi connectivity index (χ1v) is 10.7. The molecule has 5 aromatic rings. The summed E-state index contributed by atoms with van der Waals surface area (Å²) in [6.07, 6.45) is 0. The summed E-state index contributed by atoms with van der Waals surface area (Å²) in [5, 5.41) is 22.0. The van der Waals surface area contributed by atoms with Crippen molar-refractivity contribution in [3.05, 3.63) is 101 Å². The van der Waals surface area contributed by atoms with Crippen molar-refractivity contribution in [2.75, 3.05) is 0 Å². The number of nitriles is 2. The van der Waals surface area contributed by atoms with Gasteiger partial charge in [-0.25, -0.2) is 0 Å². The fourth-order valence-corrected chi connectivity index (χ4v) is 5.37. The zero-order valence-electron chi connectivity index (χ0n) is 17.8. The third-order valence-corrected chi connectivity index (χ3v) is 6.88. The quantitative estimate of drug-likeness (QED) is 0.304. The van der Waals surface area contributed by atoms with Crippen molar-refractivity contribution in [2.24, 2.45) is 0 Å². The van der Waals surface area contributed by atoms with Gasteiger partial charge in [0.15, 0.2) is 0 Å². The van der Waals surface area contributed by atoms with Gasteiger partial charge >= 0.3 is 0 Å². The van der Waals surface area contributed by atoms with Gasteiger partial charge in [0.05, 0.1) is 27.8 Å². The molecule has 3 heteroatoms. The Morgan fingerprint density at radius 3 is 2.09 bits per heavy atom. The van der Waals surface area contributed by atoms with E-state index in [1.165, 1.54) is 22.3 Å². The van der Waals surface area contributed by atoms with Crippen LogP contribution in [0.5, 0.6) is 0 Å². The van der Waals surface area contributed by atoms with Crippen molar-refractivity contribution in [3.63, 3.8) is 0 Å². The maximum atomic E-state index is 9.86. The summed E-state index contributed by atoms with van der Waals surface area (Å²) in [5.74, 6) is 0. The normalized spacial score (nSPS) is 13.5. The Morgan fingerprint density at radius 2 is 1.34 bits per heavy atom. The molecular weight excluding hydrogens is 390 g/mol. The summed E-state index contributed by atoms with van der Waals surface area (Å²) < 4.78 is 2.10. The molecule has 6 rings (SSSR count). The van der Waals surface area contributed by atoms with E-state index in [0.29, 0.717) is 16.8 Å². The lowest BCUT2D eigenvalue weighted by atomic mass is 9.82. The molecule has 4 aromatic carbocycles. The number of nitrogens with zero attached hydrogens (tertiary/aromatic N) is 3. The molecule has 150 valence electrons. The second-order valence-electron chi connectivity index (χ2n) is 8.86. The van der Waals surface area contributed by atoms with E-state index < -0.39 is 0 Å². The van der Waals surface area contributed by atoms with Crippen LogP contribution in [0.15, 0.2) is 78.9 Å². The Morgan fingerprint density at radius 1 is 0.656 bits per heavy atom. The summed E-state index contributed by atoms with van der Waals surface area (Å²) in [4.78, 5) is 0. The third kappa shape index (κ3) is 2.23. The van der Waals surface area contributed by atoms with Crippen LogP contribution in [0.4, 0.5) is 0 Å².